The summed E-state index contributed by atoms with van der Waals surface area (Å²) in [4.78, 5) is 0. The second-order valence-corrected chi connectivity index (χ2v) is 4.48. The zero-order valence-electron chi connectivity index (χ0n) is 9.57. The smallest absolute Gasteiger partial charge is 0.169 e. The van der Waals surface area contributed by atoms with Gasteiger partial charge in [-0.3, -0.25) is 0 Å². The molecule has 1 heterocycles. The SMILES string of the molecule is COCC(CCO)NC(C)c1ccc(Br)o1. The Morgan fingerprint density at radius 1 is 1.56 bits per heavy atom. The van der Waals surface area contributed by atoms with Crippen molar-refractivity contribution in [2.45, 2.75) is 25.4 Å². The molecule has 0 aromatic carbocycles. The highest BCUT2D eigenvalue weighted by Gasteiger charge is 2.15. The summed E-state index contributed by atoms with van der Waals surface area (Å²) in [6.45, 7) is 2.74. The summed E-state index contributed by atoms with van der Waals surface area (Å²) in [5.74, 6) is 0.867. The predicted octanol–water partition coefficient (Wildman–Crippen LogP) is 2.09. The molecule has 1 aromatic heterocycles. The van der Waals surface area contributed by atoms with E-state index in [9.17, 15) is 0 Å². The molecule has 92 valence electrons. The van der Waals surface area contributed by atoms with Gasteiger partial charge in [0.05, 0.1) is 12.6 Å². The summed E-state index contributed by atoms with van der Waals surface area (Å²) in [6, 6.07) is 4.02. The van der Waals surface area contributed by atoms with Crippen LogP contribution in [0.2, 0.25) is 0 Å². The third-order valence-corrected chi connectivity index (χ3v) is 2.78. The van der Waals surface area contributed by atoms with E-state index < -0.39 is 0 Å². The van der Waals surface area contributed by atoms with Crippen molar-refractivity contribution in [1.82, 2.24) is 5.32 Å². The molecule has 0 fully saturated rings. The molecule has 16 heavy (non-hydrogen) atoms. The Bertz CT molecular complexity index is 297. The molecule has 2 unspecified atom stereocenters. The van der Waals surface area contributed by atoms with E-state index in [4.69, 9.17) is 14.3 Å². The molecule has 0 spiro atoms. The first-order valence-corrected chi connectivity index (χ1v) is 6.07. The predicted molar refractivity (Wildman–Crippen MR) is 65.3 cm³/mol. The number of halogens is 1. The molecule has 1 rings (SSSR count). The lowest BCUT2D eigenvalue weighted by molar-refractivity contribution is 0.141. The molecular weight excluding hydrogens is 274 g/mol. The maximum absolute atomic E-state index is 8.92. The molecule has 4 nitrogen and oxygen atoms in total. The van der Waals surface area contributed by atoms with Crippen molar-refractivity contribution in [2.24, 2.45) is 0 Å². The number of aliphatic hydroxyl groups is 1. The molecule has 0 bridgehead atoms. The first-order valence-electron chi connectivity index (χ1n) is 5.28. The number of ether oxygens (including phenoxy) is 1. The number of furan rings is 1. The minimum atomic E-state index is 0.0954. The number of nitrogens with one attached hydrogen (secondary N) is 1. The summed E-state index contributed by atoms with van der Waals surface area (Å²) in [6.07, 6.45) is 0.667. The average molecular weight is 292 g/mol. The van der Waals surface area contributed by atoms with Crippen LogP contribution in [0.1, 0.15) is 25.1 Å². The Kier molecular flexibility index (Phi) is 6.05. The normalized spacial score (nSPS) is 15.0. The number of rotatable bonds is 7. The van der Waals surface area contributed by atoms with Crippen molar-refractivity contribution < 1.29 is 14.3 Å². The van der Waals surface area contributed by atoms with E-state index in [0.29, 0.717) is 13.0 Å². The fraction of sp³-hybridized carbons (Fsp3) is 0.636. The minimum Gasteiger partial charge on any atom is -0.453 e. The molecule has 0 radical (unpaired) electrons. The zero-order chi connectivity index (χ0) is 12.0. The highest BCUT2D eigenvalue weighted by Crippen LogP contribution is 2.20. The average Bonchev–Trinajstić information content (AvgIpc) is 2.65. The molecule has 5 heteroatoms. The van der Waals surface area contributed by atoms with Crippen molar-refractivity contribution in [2.75, 3.05) is 20.3 Å². The van der Waals surface area contributed by atoms with Crippen LogP contribution < -0.4 is 5.32 Å². The summed E-state index contributed by atoms with van der Waals surface area (Å²) < 4.78 is 11.3. The Morgan fingerprint density at radius 3 is 2.81 bits per heavy atom. The van der Waals surface area contributed by atoms with Crippen LogP contribution in [0.4, 0.5) is 0 Å². The highest BCUT2D eigenvalue weighted by molar-refractivity contribution is 9.10. The third-order valence-electron chi connectivity index (χ3n) is 2.35. The Morgan fingerprint density at radius 2 is 2.31 bits per heavy atom. The Balaban J connectivity index is 2.50. The van der Waals surface area contributed by atoms with Crippen LogP contribution in [0, 0.1) is 0 Å². The van der Waals surface area contributed by atoms with Crippen LogP contribution in [0.15, 0.2) is 21.2 Å². The molecule has 0 saturated heterocycles. The summed E-state index contributed by atoms with van der Waals surface area (Å²) >= 11 is 3.27. The highest BCUT2D eigenvalue weighted by atomic mass is 79.9. The number of methoxy groups -OCH3 is 1. The standard InChI is InChI=1S/C11H18BrNO3/c1-8(10-3-4-11(12)16-10)13-9(5-6-14)7-15-2/h3-4,8-9,13-14H,5-7H2,1-2H3. The molecule has 0 aliphatic carbocycles. The van der Waals surface area contributed by atoms with E-state index in [2.05, 4.69) is 21.2 Å². The molecule has 2 N–H and O–H groups in total. The molecule has 0 saturated carbocycles. The summed E-state index contributed by atoms with van der Waals surface area (Å²) in [5, 5.41) is 12.3. The van der Waals surface area contributed by atoms with Gasteiger partial charge in [-0.25, -0.2) is 0 Å². The van der Waals surface area contributed by atoms with Crippen LogP contribution in [0.25, 0.3) is 0 Å². The van der Waals surface area contributed by atoms with Gasteiger partial charge >= 0.3 is 0 Å². The van der Waals surface area contributed by atoms with Gasteiger partial charge in [-0.15, -0.1) is 0 Å². The van der Waals surface area contributed by atoms with Crippen LogP contribution in [0.3, 0.4) is 0 Å². The van der Waals surface area contributed by atoms with Crippen LogP contribution in [-0.2, 0) is 4.74 Å². The maximum atomic E-state index is 8.92. The molecule has 0 amide bonds. The van der Waals surface area contributed by atoms with Gasteiger partial charge in [-0.1, -0.05) is 0 Å². The van der Waals surface area contributed by atoms with Gasteiger partial charge in [-0.2, -0.15) is 0 Å². The molecular formula is C11H18BrNO3. The van der Waals surface area contributed by atoms with Gasteiger partial charge in [0, 0.05) is 19.8 Å². The Hall–Kier alpha value is -0.360. The van der Waals surface area contributed by atoms with E-state index in [-0.39, 0.29) is 18.7 Å². The van der Waals surface area contributed by atoms with E-state index in [1.807, 2.05) is 19.1 Å². The monoisotopic (exact) mass is 291 g/mol. The van der Waals surface area contributed by atoms with Gasteiger partial charge in [0.2, 0.25) is 0 Å². The second-order valence-electron chi connectivity index (χ2n) is 3.69. The van der Waals surface area contributed by atoms with Crippen LogP contribution in [0.5, 0.6) is 0 Å². The van der Waals surface area contributed by atoms with Crippen LogP contribution in [-0.4, -0.2) is 31.5 Å². The third kappa shape index (κ3) is 4.25. The van der Waals surface area contributed by atoms with Crippen molar-refractivity contribution in [3.63, 3.8) is 0 Å². The van der Waals surface area contributed by atoms with Crippen LogP contribution >= 0.6 is 15.9 Å². The second kappa shape index (κ2) is 7.06. The summed E-state index contributed by atoms with van der Waals surface area (Å²) in [5.41, 5.74) is 0. The number of aliphatic hydroxyl groups excluding tert-OH is 1. The number of hydrogen-bond acceptors (Lipinski definition) is 4. The quantitative estimate of drug-likeness (QED) is 0.808. The first kappa shape index (κ1) is 13.7. The topological polar surface area (TPSA) is 54.6 Å². The molecule has 2 atom stereocenters. The zero-order valence-corrected chi connectivity index (χ0v) is 11.2. The maximum Gasteiger partial charge on any atom is 0.169 e. The Labute approximate surface area is 104 Å². The van der Waals surface area contributed by atoms with Gasteiger partial charge in [0.15, 0.2) is 4.67 Å². The lowest BCUT2D eigenvalue weighted by atomic mass is 10.1. The van der Waals surface area contributed by atoms with E-state index in [1.54, 1.807) is 7.11 Å². The largest absolute Gasteiger partial charge is 0.453 e. The van der Waals surface area contributed by atoms with Crippen molar-refractivity contribution in [3.8, 4) is 0 Å². The fourth-order valence-electron chi connectivity index (χ4n) is 1.57. The first-order chi connectivity index (χ1) is 7.67. The van der Waals surface area contributed by atoms with Crippen molar-refractivity contribution in [3.05, 3.63) is 22.6 Å². The van der Waals surface area contributed by atoms with E-state index in [0.717, 1.165) is 10.4 Å². The van der Waals surface area contributed by atoms with Crippen molar-refractivity contribution >= 4 is 15.9 Å². The van der Waals surface area contributed by atoms with Gasteiger partial charge in [0.25, 0.3) is 0 Å². The fourth-order valence-corrected chi connectivity index (χ4v) is 1.89. The minimum absolute atomic E-state index is 0.0954. The van der Waals surface area contributed by atoms with Gasteiger partial charge in [-0.05, 0) is 41.4 Å². The molecule has 1 aromatic rings. The van der Waals surface area contributed by atoms with Gasteiger partial charge < -0.3 is 19.6 Å². The summed E-state index contributed by atoms with van der Waals surface area (Å²) in [7, 11) is 1.65. The van der Waals surface area contributed by atoms with E-state index >= 15 is 0 Å². The van der Waals surface area contributed by atoms with E-state index in [1.165, 1.54) is 0 Å². The lowest BCUT2D eigenvalue weighted by Gasteiger charge is -2.20. The number of hydrogen-bond donors (Lipinski definition) is 2. The lowest BCUT2D eigenvalue weighted by Crippen LogP contribution is -2.35. The molecule has 0 aliphatic heterocycles. The molecule has 0 aliphatic rings. The van der Waals surface area contributed by atoms with Gasteiger partial charge in [0.1, 0.15) is 5.76 Å². The van der Waals surface area contributed by atoms with Crippen molar-refractivity contribution in [1.29, 1.82) is 0 Å².